The summed E-state index contributed by atoms with van der Waals surface area (Å²) in [5.41, 5.74) is 2.50. The summed E-state index contributed by atoms with van der Waals surface area (Å²) in [5, 5.41) is 0. The van der Waals surface area contributed by atoms with Gasteiger partial charge in [-0.25, -0.2) is 0 Å². The number of benzene rings is 1. The largest absolute Gasteiger partial charge is 0.372 e. The van der Waals surface area contributed by atoms with E-state index in [0.717, 1.165) is 19.6 Å². The van der Waals surface area contributed by atoms with Crippen molar-refractivity contribution < 1.29 is 0 Å². The summed E-state index contributed by atoms with van der Waals surface area (Å²) in [6.07, 6.45) is 8.55. The van der Waals surface area contributed by atoms with Crippen LogP contribution in [-0.2, 0) is 0 Å². The predicted octanol–water partition coefficient (Wildman–Crippen LogP) is 4.92. The molecule has 112 valence electrons. The van der Waals surface area contributed by atoms with Crippen LogP contribution in [0.1, 0.15) is 58.4 Å². The maximum Gasteiger partial charge on any atom is 0.0389 e. The van der Waals surface area contributed by atoms with E-state index < -0.39 is 0 Å². The highest BCUT2D eigenvalue weighted by Crippen LogP contribution is 2.14. The zero-order chi connectivity index (χ0) is 14.6. The van der Waals surface area contributed by atoms with Crippen molar-refractivity contribution >= 4 is 11.9 Å². The van der Waals surface area contributed by atoms with E-state index in [2.05, 4.69) is 54.9 Å². The molecule has 0 aliphatic rings. The highest BCUT2D eigenvalue weighted by atomic mass is 15.1. The highest BCUT2D eigenvalue weighted by Gasteiger charge is 2.00. The van der Waals surface area contributed by atoms with Crippen LogP contribution in [-0.4, -0.2) is 25.8 Å². The number of unbranched alkanes of at least 4 members (excludes halogenated alkanes) is 4. The molecule has 1 aromatic rings. The lowest BCUT2D eigenvalue weighted by Crippen LogP contribution is -2.21. The van der Waals surface area contributed by atoms with Gasteiger partial charge < -0.3 is 4.90 Å². The first-order valence-electron chi connectivity index (χ1n) is 8.16. The Morgan fingerprint density at radius 2 is 1.55 bits per heavy atom. The normalized spacial score (nSPS) is 11.2. The first kappa shape index (κ1) is 16.7. The number of anilines is 1. The fourth-order valence-electron chi connectivity index (χ4n) is 2.34. The Morgan fingerprint density at radius 1 is 0.900 bits per heavy atom. The van der Waals surface area contributed by atoms with Gasteiger partial charge in [0.15, 0.2) is 0 Å². The van der Waals surface area contributed by atoms with Crippen LogP contribution >= 0.6 is 0 Å². The van der Waals surface area contributed by atoms with E-state index in [9.17, 15) is 0 Å². The van der Waals surface area contributed by atoms with E-state index in [1.165, 1.54) is 43.4 Å². The lowest BCUT2D eigenvalue weighted by atomic mass is 10.1. The molecular weight excluding hydrogens is 244 g/mol. The molecule has 0 aromatic heterocycles. The van der Waals surface area contributed by atoms with Crippen molar-refractivity contribution in [1.29, 1.82) is 0 Å². The fourth-order valence-corrected chi connectivity index (χ4v) is 2.34. The van der Waals surface area contributed by atoms with Crippen LogP contribution in [0.5, 0.6) is 0 Å². The van der Waals surface area contributed by atoms with E-state index in [1.807, 2.05) is 6.21 Å². The Hall–Kier alpha value is -1.31. The molecule has 0 radical (unpaired) electrons. The second-order valence-electron chi connectivity index (χ2n) is 5.21. The summed E-state index contributed by atoms with van der Waals surface area (Å²) in [5.74, 6) is 0. The van der Waals surface area contributed by atoms with Crippen LogP contribution in [0.4, 0.5) is 5.69 Å². The third kappa shape index (κ3) is 6.23. The van der Waals surface area contributed by atoms with Gasteiger partial charge in [0, 0.05) is 31.5 Å². The summed E-state index contributed by atoms with van der Waals surface area (Å²) >= 11 is 0. The van der Waals surface area contributed by atoms with Gasteiger partial charge in [-0.15, -0.1) is 0 Å². The third-order valence-corrected chi connectivity index (χ3v) is 3.65. The minimum atomic E-state index is 0.960. The average Bonchev–Trinajstić information content (AvgIpc) is 2.49. The highest BCUT2D eigenvalue weighted by molar-refractivity contribution is 5.80. The van der Waals surface area contributed by atoms with E-state index in [0.29, 0.717) is 0 Å². The van der Waals surface area contributed by atoms with E-state index >= 15 is 0 Å². The van der Waals surface area contributed by atoms with Crippen LogP contribution in [0, 0.1) is 0 Å². The van der Waals surface area contributed by atoms with Crippen LogP contribution < -0.4 is 4.90 Å². The van der Waals surface area contributed by atoms with Gasteiger partial charge in [0.25, 0.3) is 0 Å². The van der Waals surface area contributed by atoms with Gasteiger partial charge in [-0.2, -0.15) is 0 Å². The molecule has 0 N–H and O–H groups in total. The molecule has 2 heteroatoms. The standard InChI is InChI=1S/C18H30N2/c1-4-7-8-9-10-15-19-16-17-11-13-18(14-12-17)20(5-2)6-3/h11-14,16H,4-10,15H2,1-3H3/b19-16+. The van der Waals surface area contributed by atoms with Crippen LogP contribution in [0.25, 0.3) is 0 Å². The predicted molar refractivity (Wildman–Crippen MR) is 91.2 cm³/mol. The molecule has 2 nitrogen and oxygen atoms in total. The van der Waals surface area contributed by atoms with Crippen molar-refractivity contribution in [2.45, 2.75) is 52.9 Å². The SMILES string of the molecule is CCCCCCC/N=C/c1ccc(N(CC)CC)cc1. The lowest BCUT2D eigenvalue weighted by Gasteiger charge is -2.20. The summed E-state index contributed by atoms with van der Waals surface area (Å²) in [7, 11) is 0. The van der Waals surface area contributed by atoms with Gasteiger partial charge in [0.1, 0.15) is 0 Å². The van der Waals surface area contributed by atoms with Gasteiger partial charge in [-0.3, -0.25) is 4.99 Å². The first-order valence-corrected chi connectivity index (χ1v) is 8.16. The number of rotatable bonds is 10. The molecule has 0 saturated carbocycles. The molecule has 0 amide bonds. The Balaban J connectivity index is 2.33. The van der Waals surface area contributed by atoms with Crippen molar-refractivity contribution in [2.24, 2.45) is 4.99 Å². The molecule has 0 heterocycles. The Labute approximate surface area is 124 Å². The molecule has 0 spiro atoms. The quantitative estimate of drug-likeness (QED) is 0.436. The molecule has 0 aliphatic carbocycles. The van der Waals surface area contributed by atoms with Crippen molar-refractivity contribution in [3.8, 4) is 0 Å². The molecule has 0 saturated heterocycles. The molecule has 0 unspecified atom stereocenters. The molecule has 0 bridgehead atoms. The second-order valence-corrected chi connectivity index (χ2v) is 5.21. The van der Waals surface area contributed by atoms with Gasteiger partial charge in [-0.05, 0) is 38.0 Å². The summed E-state index contributed by atoms with van der Waals surface area (Å²) < 4.78 is 0. The van der Waals surface area contributed by atoms with Crippen molar-refractivity contribution in [3.05, 3.63) is 29.8 Å². The van der Waals surface area contributed by atoms with E-state index in [-0.39, 0.29) is 0 Å². The summed E-state index contributed by atoms with van der Waals surface area (Å²) in [6, 6.07) is 8.70. The topological polar surface area (TPSA) is 15.6 Å². The Morgan fingerprint density at radius 3 is 2.15 bits per heavy atom. The first-order chi connectivity index (χ1) is 9.81. The summed E-state index contributed by atoms with van der Waals surface area (Å²) in [6.45, 7) is 9.71. The summed E-state index contributed by atoms with van der Waals surface area (Å²) in [4.78, 5) is 6.87. The molecule has 20 heavy (non-hydrogen) atoms. The fraction of sp³-hybridized carbons (Fsp3) is 0.611. The van der Waals surface area contributed by atoms with Gasteiger partial charge in [0.05, 0.1) is 0 Å². The second kappa shape index (κ2) is 10.5. The van der Waals surface area contributed by atoms with Gasteiger partial charge in [-0.1, -0.05) is 44.7 Å². The smallest absolute Gasteiger partial charge is 0.0389 e. The number of hydrogen-bond donors (Lipinski definition) is 0. The molecule has 0 atom stereocenters. The number of aliphatic imine (C=N–C) groups is 1. The maximum absolute atomic E-state index is 4.52. The van der Waals surface area contributed by atoms with Crippen LogP contribution in [0.3, 0.4) is 0 Å². The maximum atomic E-state index is 4.52. The van der Waals surface area contributed by atoms with Crippen molar-refractivity contribution in [1.82, 2.24) is 0 Å². The van der Waals surface area contributed by atoms with Gasteiger partial charge >= 0.3 is 0 Å². The van der Waals surface area contributed by atoms with Crippen LogP contribution in [0.15, 0.2) is 29.3 Å². The Bertz CT molecular complexity index is 364. The third-order valence-electron chi connectivity index (χ3n) is 3.65. The molecule has 0 aliphatic heterocycles. The van der Waals surface area contributed by atoms with E-state index in [1.54, 1.807) is 0 Å². The minimum absolute atomic E-state index is 0.960. The average molecular weight is 274 g/mol. The van der Waals surface area contributed by atoms with Crippen molar-refractivity contribution in [3.63, 3.8) is 0 Å². The van der Waals surface area contributed by atoms with Crippen molar-refractivity contribution in [2.75, 3.05) is 24.5 Å². The molecular formula is C18H30N2. The Kier molecular flexibility index (Phi) is 8.77. The number of hydrogen-bond acceptors (Lipinski definition) is 2. The zero-order valence-corrected chi connectivity index (χ0v) is 13.4. The molecule has 1 rings (SSSR count). The van der Waals surface area contributed by atoms with Crippen LogP contribution in [0.2, 0.25) is 0 Å². The van der Waals surface area contributed by atoms with Gasteiger partial charge in [0.2, 0.25) is 0 Å². The number of nitrogens with zero attached hydrogens (tertiary/aromatic N) is 2. The lowest BCUT2D eigenvalue weighted by molar-refractivity contribution is 0.639. The van der Waals surface area contributed by atoms with E-state index in [4.69, 9.17) is 0 Å². The molecule has 1 aromatic carbocycles. The minimum Gasteiger partial charge on any atom is -0.372 e. The molecule has 0 fully saturated rings. The monoisotopic (exact) mass is 274 g/mol. The zero-order valence-electron chi connectivity index (χ0n) is 13.4.